The Hall–Kier alpha value is -2.54. The summed E-state index contributed by atoms with van der Waals surface area (Å²) in [6.07, 6.45) is 0.950. The van der Waals surface area contributed by atoms with Gasteiger partial charge in [-0.3, -0.25) is 20.4 Å². The predicted molar refractivity (Wildman–Crippen MR) is 121 cm³/mol. The molecule has 6 nitrogen and oxygen atoms in total. The van der Waals surface area contributed by atoms with Crippen molar-refractivity contribution in [1.82, 2.24) is 10.9 Å². The number of rotatable bonds is 9. The number of amides is 2. The van der Waals surface area contributed by atoms with Gasteiger partial charge in [0.05, 0.1) is 17.7 Å². The fourth-order valence-corrected chi connectivity index (χ4v) is 2.88. The van der Waals surface area contributed by atoms with Gasteiger partial charge >= 0.3 is 0 Å². The van der Waals surface area contributed by atoms with Crippen LogP contribution in [0.15, 0.2) is 46.9 Å². The van der Waals surface area contributed by atoms with Crippen LogP contribution in [0.5, 0.6) is 11.5 Å². The first-order valence-electron chi connectivity index (χ1n) is 10.0. The van der Waals surface area contributed by atoms with Crippen molar-refractivity contribution in [3.63, 3.8) is 0 Å². The Morgan fingerprint density at radius 3 is 2.03 bits per heavy atom. The van der Waals surface area contributed by atoms with Crippen LogP contribution in [0.4, 0.5) is 0 Å². The van der Waals surface area contributed by atoms with Crippen LogP contribution in [-0.4, -0.2) is 25.0 Å². The maximum Gasteiger partial charge on any atom is 0.269 e. The lowest BCUT2D eigenvalue weighted by molar-refractivity contribution is 0.0846. The lowest BCUT2D eigenvalue weighted by Crippen LogP contribution is -2.41. The molecule has 2 rings (SSSR count). The highest BCUT2D eigenvalue weighted by Gasteiger charge is 2.12. The van der Waals surface area contributed by atoms with Gasteiger partial charge in [0.25, 0.3) is 11.8 Å². The van der Waals surface area contributed by atoms with Crippen molar-refractivity contribution in [2.75, 3.05) is 13.2 Å². The Kier molecular flexibility index (Phi) is 9.17. The molecule has 7 heteroatoms. The van der Waals surface area contributed by atoms with Crippen molar-refractivity contribution >= 4 is 27.7 Å². The third-order valence-electron chi connectivity index (χ3n) is 4.14. The van der Waals surface area contributed by atoms with E-state index in [1.54, 1.807) is 42.5 Å². The molecular formula is C23H29BrN2O4. The topological polar surface area (TPSA) is 76.7 Å². The molecule has 2 N–H and O–H groups in total. The summed E-state index contributed by atoms with van der Waals surface area (Å²) in [5.74, 6) is 1.52. The number of carbonyl (C=O) groups is 2. The van der Waals surface area contributed by atoms with E-state index >= 15 is 0 Å². The summed E-state index contributed by atoms with van der Waals surface area (Å²) in [5, 5.41) is 0. The molecule has 0 saturated carbocycles. The first-order chi connectivity index (χ1) is 14.3. The highest BCUT2D eigenvalue weighted by Crippen LogP contribution is 2.26. The summed E-state index contributed by atoms with van der Waals surface area (Å²) in [7, 11) is 0. The molecule has 162 valence electrons. The van der Waals surface area contributed by atoms with Crippen LogP contribution < -0.4 is 20.3 Å². The van der Waals surface area contributed by atoms with Gasteiger partial charge in [0.1, 0.15) is 11.5 Å². The SMILES string of the molecule is CC(C)CCOc1ccc(C(=O)NNC(=O)c2ccc(OCC(C)C)cc2)cc1Br. The van der Waals surface area contributed by atoms with E-state index in [2.05, 4.69) is 54.5 Å². The number of halogens is 1. The number of carbonyl (C=O) groups excluding carboxylic acids is 2. The van der Waals surface area contributed by atoms with E-state index in [1.165, 1.54) is 0 Å². The molecule has 0 unspecified atom stereocenters. The van der Waals surface area contributed by atoms with Crippen LogP contribution in [0.3, 0.4) is 0 Å². The van der Waals surface area contributed by atoms with Crippen LogP contribution in [0.25, 0.3) is 0 Å². The molecule has 0 heterocycles. The van der Waals surface area contributed by atoms with E-state index in [-0.39, 0.29) is 0 Å². The van der Waals surface area contributed by atoms with Crippen molar-refractivity contribution in [3.05, 3.63) is 58.1 Å². The molecule has 0 atom stereocenters. The Labute approximate surface area is 186 Å². The summed E-state index contributed by atoms with van der Waals surface area (Å²) < 4.78 is 12.0. The summed E-state index contributed by atoms with van der Waals surface area (Å²) >= 11 is 3.42. The van der Waals surface area contributed by atoms with Gasteiger partial charge in [-0.05, 0) is 76.7 Å². The molecule has 0 aliphatic carbocycles. The van der Waals surface area contributed by atoms with Crippen LogP contribution in [0.1, 0.15) is 54.8 Å². The van der Waals surface area contributed by atoms with E-state index in [1.807, 2.05) is 0 Å². The molecule has 0 spiro atoms. The predicted octanol–water partition coefficient (Wildman–Crippen LogP) is 4.98. The van der Waals surface area contributed by atoms with Crippen molar-refractivity contribution in [2.24, 2.45) is 11.8 Å². The molecular weight excluding hydrogens is 448 g/mol. The number of nitrogens with one attached hydrogen (secondary N) is 2. The van der Waals surface area contributed by atoms with Gasteiger partial charge in [-0.1, -0.05) is 27.7 Å². The minimum atomic E-state index is -0.422. The third kappa shape index (κ3) is 7.71. The van der Waals surface area contributed by atoms with Crippen LogP contribution >= 0.6 is 15.9 Å². The quantitative estimate of drug-likeness (QED) is 0.500. The minimum Gasteiger partial charge on any atom is -0.493 e. The van der Waals surface area contributed by atoms with E-state index in [0.717, 1.165) is 6.42 Å². The molecule has 30 heavy (non-hydrogen) atoms. The van der Waals surface area contributed by atoms with Gasteiger partial charge in [0, 0.05) is 11.1 Å². The molecule has 0 bridgehead atoms. The van der Waals surface area contributed by atoms with E-state index in [0.29, 0.717) is 52.1 Å². The van der Waals surface area contributed by atoms with E-state index in [4.69, 9.17) is 9.47 Å². The van der Waals surface area contributed by atoms with Crippen LogP contribution in [-0.2, 0) is 0 Å². The molecule has 2 aromatic rings. The minimum absolute atomic E-state index is 0.399. The molecule has 0 saturated heterocycles. The Bertz CT molecular complexity index is 851. The molecule has 0 aromatic heterocycles. The molecule has 0 fully saturated rings. The highest BCUT2D eigenvalue weighted by molar-refractivity contribution is 9.10. The van der Waals surface area contributed by atoms with Gasteiger partial charge < -0.3 is 9.47 Å². The summed E-state index contributed by atoms with van der Waals surface area (Å²) in [6, 6.07) is 11.8. The summed E-state index contributed by atoms with van der Waals surface area (Å²) in [4.78, 5) is 24.6. The van der Waals surface area contributed by atoms with Crippen LogP contribution in [0.2, 0.25) is 0 Å². The molecule has 0 aliphatic heterocycles. The number of ether oxygens (including phenoxy) is 2. The van der Waals surface area contributed by atoms with E-state index in [9.17, 15) is 9.59 Å². The maximum absolute atomic E-state index is 12.3. The standard InChI is InChI=1S/C23H29BrN2O4/c1-15(2)11-12-29-21-10-7-18(13-20(21)24)23(28)26-25-22(27)17-5-8-19(9-6-17)30-14-16(3)4/h5-10,13,15-16H,11-12,14H2,1-4H3,(H,25,27)(H,26,28). The average molecular weight is 477 g/mol. The summed E-state index contributed by atoms with van der Waals surface area (Å²) in [5.41, 5.74) is 5.66. The molecule has 0 radical (unpaired) electrons. The second kappa shape index (κ2) is 11.6. The number of hydrogen-bond acceptors (Lipinski definition) is 4. The summed E-state index contributed by atoms with van der Waals surface area (Å²) in [6.45, 7) is 9.62. The fourth-order valence-electron chi connectivity index (χ4n) is 2.39. The first kappa shape index (κ1) is 23.7. The Morgan fingerprint density at radius 1 is 0.867 bits per heavy atom. The zero-order chi connectivity index (χ0) is 22.1. The van der Waals surface area contributed by atoms with Gasteiger partial charge in [-0.2, -0.15) is 0 Å². The first-order valence-corrected chi connectivity index (χ1v) is 10.8. The fraction of sp³-hybridized carbons (Fsp3) is 0.391. The Balaban J connectivity index is 1.87. The van der Waals surface area contributed by atoms with Gasteiger partial charge in [0.2, 0.25) is 0 Å². The third-order valence-corrected chi connectivity index (χ3v) is 4.76. The van der Waals surface area contributed by atoms with Crippen molar-refractivity contribution in [1.29, 1.82) is 0 Å². The maximum atomic E-state index is 12.3. The van der Waals surface area contributed by atoms with Crippen molar-refractivity contribution < 1.29 is 19.1 Å². The second-order valence-corrected chi connectivity index (χ2v) is 8.67. The van der Waals surface area contributed by atoms with E-state index < -0.39 is 11.8 Å². The van der Waals surface area contributed by atoms with Gasteiger partial charge in [-0.15, -0.1) is 0 Å². The lowest BCUT2D eigenvalue weighted by atomic mass is 10.1. The monoisotopic (exact) mass is 476 g/mol. The molecule has 2 aromatic carbocycles. The molecule has 0 aliphatic rings. The second-order valence-electron chi connectivity index (χ2n) is 7.81. The lowest BCUT2D eigenvalue weighted by Gasteiger charge is -2.12. The van der Waals surface area contributed by atoms with Gasteiger partial charge in [-0.25, -0.2) is 0 Å². The zero-order valence-corrected chi connectivity index (χ0v) is 19.4. The van der Waals surface area contributed by atoms with Gasteiger partial charge in [0.15, 0.2) is 0 Å². The largest absolute Gasteiger partial charge is 0.493 e. The number of hydrogen-bond donors (Lipinski definition) is 2. The average Bonchev–Trinajstić information content (AvgIpc) is 2.71. The Morgan fingerprint density at radius 2 is 1.47 bits per heavy atom. The van der Waals surface area contributed by atoms with Crippen molar-refractivity contribution in [3.8, 4) is 11.5 Å². The number of hydrazine groups is 1. The normalized spacial score (nSPS) is 10.8. The smallest absolute Gasteiger partial charge is 0.269 e. The highest BCUT2D eigenvalue weighted by atomic mass is 79.9. The zero-order valence-electron chi connectivity index (χ0n) is 17.8. The van der Waals surface area contributed by atoms with Crippen molar-refractivity contribution in [2.45, 2.75) is 34.1 Å². The molecule has 2 amide bonds. The van der Waals surface area contributed by atoms with Crippen LogP contribution in [0, 0.1) is 11.8 Å². The number of benzene rings is 2.